The Labute approximate surface area is 123 Å². The lowest BCUT2D eigenvalue weighted by Crippen LogP contribution is -2.30. The first kappa shape index (κ1) is 17.0. The molecule has 0 fully saturated rings. The van der Waals surface area contributed by atoms with E-state index in [0.29, 0.717) is 6.61 Å². The lowest BCUT2D eigenvalue weighted by atomic mass is 10.1. The van der Waals surface area contributed by atoms with Crippen molar-refractivity contribution in [3.05, 3.63) is 29.8 Å². The number of rotatable bonds is 7. The molecule has 0 saturated heterocycles. The lowest BCUT2D eigenvalue weighted by Gasteiger charge is -2.27. The molecule has 0 aliphatic rings. The first-order valence-corrected chi connectivity index (χ1v) is 7.46. The van der Waals surface area contributed by atoms with Gasteiger partial charge in [0.25, 0.3) is 0 Å². The monoisotopic (exact) mass is 279 g/mol. The molecule has 0 spiro atoms. The Morgan fingerprint density at radius 3 is 2.35 bits per heavy atom. The summed E-state index contributed by atoms with van der Waals surface area (Å²) in [5.74, 6) is 0.936. The van der Waals surface area contributed by atoms with Gasteiger partial charge in [-0.1, -0.05) is 25.1 Å². The molecular weight excluding hydrogens is 250 g/mol. The summed E-state index contributed by atoms with van der Waals surface area (Å²) in [7, 11) is 0. The Morgan fingerprint density at radius 1 is 1.15 bits per heavy atom. The van der Waals surface area contributed by atoms with Crippen LogP contribution in [-0.4, -0.2) is 24.9 Å². The largest absolute Gasteiger partial charge is 0.491 e. The summed E-state index contributed by atoms with van der Waals surface area (Å²) in [4.78, 5) is 0. The zero-order valence-corrected chi connectivity index (χ0v) is 13.7. The molecule has 0 aliphatic carbocycles. The number of likely N-dealkylation sites (N-methyl/N-ethyl adjacent to an activating group) is 1. The van der Waals surface area contributed by atoms with Crippen LogP contribution in [0.1, 0.15) is 53.1 Å². The molecule has 0 bridgehead atoms. The molecule has 0 aromatic heterocycles. The van der Waals surface area contributed by atoms with Crippen molar-refractivity contribution in [1.82, 2.24) is 5.32 Å². The van der Waals surface area contributed by atoms with E-state index in [1.54, 1.807) is 0 Å². The highest BCUT2D eigenvalue weighted by Crippen LogP contribution is 2.27. The van der Waals surface area contributed by atoms with Crippen LogP contribution in [0.2, 0.25) is 0 Å². The van der Waals surface area contributed by atoms with Gasteiger partial charge in [-0.3, -0.25) is 0 Å². The minimum Gasteiger partial charge on any atom is -0.491 e. The lowest BCUT2D eigenvalue weighted by molar-refractivity contribution is -0.0150. The standard InChI is InChI=1S/C17H29NO2/c1-7-18-15(12-19-17(4,5)6)14-10-8-9-11-16(14)20-13(2)3/h8-11,13,15,18H,7,12H2,1-6H3. The molecule has 1 N–H and O–H groups in total. The Morgan fingerprint density at radius 2 is 1.80 bits per heavy atom. The smallest absolute Gasteiger partial charge is 0.124 e. The van der Waals surface area contributed by atoms with Crippen molar-refractivity contribution in [2.24, 2.45) is 0 Å². The zero-order chi connectivity index (χ0) is 15.2. The van der Waals surface area contributed by atoms with Gasteiger partial charge >= 0.3 is 0 Å². The van der Waals surface area contributed by atoms with Gasteiger partial charge in [0.2, 0.25) is 0 Å². The maximum atomic E-state index is 5.94. The van der Waals surface area contributed by atoms with Gasteiger partial charge in [0.15, 0.2) is 0 Å². The van der Waals surface area contributed by atoms with Crippen molar-refractivity contribution in [3.63, 3.8) is 0 Å². The van der Waals surface area contributed by atoms with Crippen LogP contribution in [0.5, 0.6) is 5.75 Å². The molecule has 1 rings (SSSR count). The van der Waals surface area contributed by atoms with Crippen LogP contribution in [-0.2, 0) is 4.74 Å². The second kappa shape index (κ2) is 7.65. The summed E-state index contributed by atoms with van der Waals surface area (Å²) in [6.45, 7) is 14.0. The van der Waals surface area contributed by atoms with Gasteiger partial charge in [0.1, 0.15) is 5.75 Å². The second-order valence-electron chi connectivity index (χ2n) is 6.24. The molecule has 114 valence electrons. The number of ether oxygens (including phenoxy) is 2. The van der Waals surface area contributed by atoms with E-state index in [1.165, 1.54) is 0 Å². The Balaban J connectivity index is 2.90. The molecule has 3 nitrogen and oxygen atoms in total. The van der Waals surface area contributed by atoms with E-state index in [4.69, 9.17) is 9.47 Å². The first-order chi connectivity index (χ1) is 9.33. The van der Waals surface area contributed by atoms with Gasteiger partial charge in [-0.2, -0.15) is 0 Å². The molecule has 1 atom stereocenters. The van der Waals surface area contributed by atoms with Crippen molar-refractivity contribution in [1.29, 1.82) is 0 Å². The maximum Gasteiger partial charge on any atom is 0.124 e. The molecular formula is C17H29NO2. The topological polar surface area (TPSA) is 30.5 Å². The number of para-hydroxylation sites is 1. The number of benzene rings is 1. The van der Waals surface area contributed by atoms with Gasteiger partial charge in [-0.15, -0.1) is 0 Å². The normalized spacial score (nSPS) is 13.6. The van der Waals surface area contributed by atoms with Crippen LogP contribution in [0, 0.1) is 0 Å². The van der Waals surface area contributed by atoms with Gasteiger partial charge in [0, 0.05) is 5.56 Å². The van der Waals surface area contributed by atoms with Gasteiger partial charge in [-0.05, 0) is 47.2 Å². The number of hydrogen-bond donors (Lipinski definition) is 1. The minimum absolute atomic E-state index is 0.137. The Hall–Kier alpha value is -1.06. The summed E-state index contributed by atoms with van der Waals surface area (Å²) in [6.07, 6.45) is 0.168. The van der Waals surface area contributed by atoms with Crippen LogP contribution in [0.25, 0.3) is 0 Å². The summed E-state index contributed by atoms with van der Waals surface area (Å²) in [5, 5.41) is 3.48. The van der Waals surface area contributed by atoms with Crippen molar-refractivity contribution in [2.45, 2.75) is 59.3 Å². The van der Waals surface area contributed by atoms with Crippen molar-refractivity contribution < 1.29 is 9.47 Å². The summed E-state index contributed by atoms with van der Waals surface area (Å²) >= 11 is 0. The molecule has 0 heterocycles. The Kier molecular flexibility index (Phi) is 6.50. The predicted molar refractivity (Wildman–Crippen MR) is 84.3 cm³/mol. The SMILES string of the molecule is CCNC(COC(C)(C)C)c1ccccc1OC(C)C. The van der Waals surface area contributed by atoms with E-state index in [9.17, 15) is 0 Å². The highest BCUT2D eigenvalue weighted by Gasteiger charge is 2.19. The van der Waals surface area contributed by atoms with Gasteiger partial charge in [0.05, 0.1) is 24.4 Å². The summed E-state index contributed by atoms with van der Waals surface area (Å²) in [5.41, 5.74) is 1.02. The molecule has 0 amide bonds. The average Bonchev–Trinajstić information content (AvgIpc) is 2.33. The fourth-order valence-electron chi connectivity index (χ4n) is 1.97. The second-order valence-corrected chi connectivity index (χ2v) is 6.24. The average molecular weight is 279 g/mol. The summed E-state index contributed by atoms with van der Waals surface area (Å²) in [6, 6.07) is 8.33. The third kappa shape index (κ3) is 5.93. The third-order valence-corrected chi connectivity index (χ3v) is 2.79. The van der Waals surface area contributed by atoms with Crippen LogP contribution in [0.3, 0.4) is 0 Å². The van der Waals surface area contributed by atoms with E-state index in [2.05, 4.69) is 39.1 Å². The predicted octanol–water partition coefficient (Wildman–Crippen LogP) is 3.94. The molecule has 3 heteroatoms. The zero-order valence-electron chi connectivity index (χ0n) is 13.7. The Bertz CT molecular complexity index is 396. The number of hydrogen-bond acceptors (Lipinski definition) is 3. The summed E-state index contributed by atoms with van der Waals surface area (Å²) < 4.78 is 11.8. The highest BCUT2D eigenvalue weighted by molar-refractivity contribution is 5.36. The molecule has 0 radical (unpaired) electrons. The van der Waals surface area contributed by atoms with Crippen LogP contribution in [0.15, 0.2) is 24.3 Å². The van der Waals surface area contributed by atoms with E-state index >= 15 is 0 Å². The molecule has 1 aromatic rings. The van der Waals surface area contributed by atoms with Crippen molar-refractivity contribution in [2.75, 3.05) is 13.2 Å². The molecule has 0 aliphatic heterocycles. The van der Waals surface area contributed by atoms with Gasteiger partial charge in [-0.25, -0.2) is 0 Å². The quantitative estimate of drug-likeness (QED) is 0.820. The van der Waals surface area contributed by atoms with Crippen LogP contribution >= 0.6 is 0 Å². The maximum absolute atomic E-state index is 5.94. The highest BCUT2D eigenvalue weighted by atomic mass is 16.5. The first-order valence-electron chi connectivity index (χ1n) is 7.46. The molecule has 1 aromatic carbocycles. The van der Waals surface area contributed by atoms with Crippen LogP contribution < -0.4 is 10.1 Å². The fourth-order valence-corrected chi connectivity index (χ4v) is 1.97. The van der Waals surface area contributed by atoms with Crippen molar-refractivity contribution >= 4 is 0 Å². The fraction of sp³-hybridized carbons (Fsp3) is 0.647. The van der Waals surface area contributed by atoms with Gasteiger partial charge < -0.3 is 14.8 Å². The third-order valence-electron chi connectivity index (χ3n) is 2.79. The van der Waals surface area contributed by atoms with Crippen LogP contribution in [0.4, 0.5) is 0 Å². The van der Waals surface area contributed by atoms with E-state index in [1.807, 2.05) is 32.0 Å². The van der Waals surface area contributed by atoms with E-state index in [-0.39, 0.29) is 17.7 Å². The van der Waals surface area contributed by atoms with E-state index in [0.717, 1.165) is 17.9 Å². The molecule has 0 saturated carbocycles. The minimum atomic E-state index is -0.137. The molecule has 1 unspecified atom stereocenters. The van der Waals surface area contributed by atoms with E-state index < -0.39 is 0 Å². The number of nitrogens with one attached hydrogen (secondary N) is 1. The molecule has 20 heavy (non-hydrogen) atoms. The van der Waals surface area contributed by atoms with Crippen molar-refractivity contribution in [3.8, 4) is 5.75 Å².